The quantitative estimate of drug-likeness (QED) is 0.858. The van der Waals surface area contributed by atoms with Crippen LogP contribution >= 0.6 is 11.6 Å². The smallest absolute Gasteiger partial charge is 0.206 e. The number of benzene rings is 2. The van der Waals surface area contributed by atoms with Gasteiger partial charge in [-0.3, -0.25) is 0 Å². The molecule has 0 unspecified atom stereocenters. The molecule has 0 atom stereocenters. The summed E-state index contributed by atoms with van der Waals surface area (Å²) in [6.45, 7) is 2.03. The monoisotopic (exact) mass is 280 g/mol. The Labute approximate surface area is 112 Å². The molecule has 0 bridgehead atoms. The van der Waals surface area contributed by atoms with Crippen molar-refractivity contribution in [3.8, 4) is 0 Å². The van der Waals surface area contributed by atoms with E-state index in [9.17, 15) is 8.42 Å². The molecule has 0 aliphatic rings. The second kappa shape index (κ2) is 5.12. The van der Waals surface area contributed by atoms with E-state index in [1.807, 2.05) is 19.1 Å². The fraction of sp³-hybridized carbons (Fsp3) is 0.143. The number of hydrogen-bond acceptors (Lipinski definition) is 2. The zero-order valence-electron chi connectivity index (χ0n) is 9.93. The van der Waals surface area contributed by atoms with Gasteiger partial charge in [-0.15, -0.1) is 0 Å². The molecule has 0 heterocycles. The molecule has 0 radical (unpaired) electrons. The second-order valence-electron chi connectivity index (χ2n) is 3.95. The molecule has 2 nitrogen and oxygen atoms in total. The molecule has 0 fully saturated rings. The molecule has 0 N–H and O–H groups in total. The average molecular weight is 281 g/mol. The number of hydrogen-bond donors (Lipinski definition) is 0. The van der Waals surface area contributed by atoms with Gasteiger partial charge in [0.15, 0.2) is 0 Å². The molecular formula is C14H13ClO2S. The van der Waals surface area contributed by atoms with Gasteiger partial charge in [0, 0.05) is 5.02 Å². The maximum atomic E-state index is 12.3. The first-order chi connectivity index (χ1) is 8.54. The van der Waals surface area contributed by atoms with Crippen molar-refractivity contribution in [2.75, 3.05) is 0 Å². The van der Waals surface area contributed by atoms with Gasteiger partial charge in [0.2, 0.25) is 9.84 Å². The fourth-order valence-electron chi connectivity index (χ4n) is 1.65. The summed E-state index contributed by atoms with van der Waals surface area (Å²) in [4.78, 5) is 0.568. The molecule has 0 aromatic heterocycles. The number of rotatable bonds is 3. The van der Waals surface area contributed by atoms with E-state index in [-0.39, 0.29) is 4.90 Å². The fourth-order valence-corrected chi connectivity index (χ4v) is 3.04. The average Bonchev–Trinajstić information content (AvgIpc) is 2.39. The van der Waals surface area contributed by atoms with Crippen molar-refractivity contribution < 1.29 is 8.42 Å². The van der Waals surface area contributed by atoms with Crippen LogP contribution in [0.3, 0.4) is 0 Å². The van der Waals surface area contributed by atoms with Gasteiger partial charge in [-0.25, -0.2) is 8.42 Å². The van der Waals surface area contributed by atoms with Crippen molar-refractivity contribution in [2.24, 2.45) is 0 Å². The van der Waals surface area contributed by atoms with Crippen LogP contribution in [0.25, 0.3) is 0 Å². The SMILES string of the molecule is CCc1ccc(S(=O)(=O)c2ccc(Cl)cc2)cc1. The molecule has 0 amide bonds. The van der Waals surface area contributed by atoms with Crippen molar-refractivity contribution in [1.29, 1.82) is 0 Å². The lowest BCUT2D eigenvalue weighted by Crippen LogP contribution is -2.01. The molecule has 94 valence electrons. The summed E-state index contributed by atoms with van der Waals surface area (Å²) in [5, 5.41) is 0.523. The van der Waals surface area contributed by atoms with Crippen LogP contribution in [-0.2, 0) is 16.3 Å². The number of sulfone groups is 1. The van der Waals surface area contributed by atoms with E-state index in [2.05, 4.69) is 0 Å². The maximum absolute atomic E-state index is 12.3. The van der Waals surface area contributed by atoms with Gasteiger partial charge < -0.3 is 0 Å². The Bertz CT molecular complexity index is 628. The minimum atomic E-state index is -3.44. The van der Waals surface area contributed by atoms with Crippen molar-refractivity contribution >= 4 is 21.4 Å². The third kappa shape index (κ3) is 2.57. The van der Waals surface area contributed by atoms with Crippen LogP contribution in [-0.4, -0.2) is 8.42 Å². The molecule has 2 aromatic rings. The van der Waals surface area contributed by atoms with Gasteiger partial charge >= 0.3 is 0 Å². The predicted octanol–water partition coefficient (Wildman–Crippen LogP) is 3.74. The Kier molecular flexibility index (Phi) is 3.73. The molecule has 0 aliphatic carbocycles. The Morgan fingerprint density at radius 1 is 0.889 bits per heavy atom. The van der Waals surface area contributed by atoms with Crippen molar-refractivity contribution in [3.05, 3.63) is 59.1 Å². The molecule has 0 spiro atoms. The van der Waals surface area contributed by atoms with Gasteiger partial charge in [0.1, 0.15) is 0 Å². The Morgan fingerprint density at radius 3 is 1.78 bits per heavy atom. The minimum Gasteiger partial charge on any atom is -0.219 e. The lowest BCUT2D eigenvalue weighted by Gasteiger charge is -2.05. The van der Waals surface area contributed by atoms with Crippen LogP contribution < -0.4 is 0 Å². The number of halogens is 1. The highest BCUT2D eigenvalue weighted by atomic mass is 35.5. The second-order valence-corrected chi connectivity index (χ2v) is 6.34. The summed E-state index contributed by atoms with van der Waals surface area (Å²) in [7, 11) is -3.44. The molecular weight excluding hydrogens is 268 g/mol. The normalized spacial score (nSPS) is 11.4. The van der Waals surface area contributed by atoms with Crippen molar-refractivity contribution in [3.63, 3.8) is 0 Å². The first-order valence-corrected chi connectivity index (χ1v) is 7.50. The summed E-state index contributed by atoms with van der Waals surface area (Å²) >= 11 is 5.75. The van der Waals surface area contributed by atoms with E-state index in [1.165, 1.54) is 12.1 Å². The molecule has 2 rings (SSSR count). The summed E-state index contributed by atoms with van der Waals surface area (Å²) in [6, 6.07) is 13.2. The lowest BCUT2D eigenvalue weighted by molar-refractivity contribution is 0.596. The first-order valence-electron chi connectivity index (χ1n) is 5.63. The van der Waals surface area contributed by atoms with Crippen molar-refractivity contribution in [2.45, 2.75) is 23.1 Å². The van der Waals surface area contributed by atoms with Gasteiger partial charge in [-0.2, -0.15) is 0 Å². The standard InChI is InChI=1S/C14H13ClO2S/c1-2-11-3-7-13(8-4-11)18(16,17)14-9-5-12(15)6-10-14/h3-10H,2H2,1H3. The highest BCUT2D eigenvalue weighted by molar-refractivity contribution is 7.91. The van der Waals surface area contributed by atoms with E-state index in [0.29, 0.717) is 9.92 Å². The first kappa shape index (κ1) is 13.1. The summed E-state index contributed by atoms with van der Waals surface area (Å²) in [5.41, 5.74) is 1.12. The van der Waals surface area contributed by atoms with Crippen LogP contribution in [0.5, 0.6) is 0 Å². The Morgan fingerprint density at radius 2 is 1.33 bits per heavy atom. The van der Waals surface area contributed by atoms with Crippen LogP contribution in [0.15, 0.2) is 58.3 Å². The topological polar surface area (TPSA) is 34.1 Å². The Hall–Kier alpha value is -1.32. The predicted molar refractivity (Wildman–Crippen MR) is 72.7 cm³/mol. The largest absolute Gasteiger partial charge is 0.219 e. The van der Waals surface area contributed by atoms with Crippen LogP contribution in [0.4, 0.5) is 0 Å². The summed E-state index contributed by atoms with van der Waals surface area (Å²) in [5.74, 6) is 0. The van der Waals surface area contributed by atoms with Crippen LogP contribution in [0.1, 0.15) is 12.5 Å². The van der Waals surface area contributed by atoms with Gasteiger partial charge in [0.25, 0.3) is 0 Å². The maximum Gasteiger partial charge on any atom is 0.206 e. The van der Waals surface area contributed by atoms with E-state index < -0.39 is 9.84 Å². The third-order valence-electron chi connectivity index (χ3n) is 2.77. The molecule has 2 aromatic carbocycles. The van der Waals surface area contributed by atoms with Crippen LogP contribution in [0, 0.1) is 0 Å². The molecule has 0 aliphatic heterocycles. The third-order valence-corrected chi connectivity index (χ3v) is 4.80. The molecule has 18 heavy (non-hydrogen) atoms. The minimum absolute atomic E-state index is 0.260. The van der Waals surface area contributed by atoms with E-state index in [1.54, 1.807) is 24.3 Å². The molecule has 0 saturated carbocycles. The highest BCUT2D eigenvalue weighted by Gasteiger charge is 2.16. The van der Waals surface area contributed by atoms with E-state index in [4.69, 9.17) is 11.6 Å². The summed E-state index contributed by atoms with van der Waals surface area (Å²) in [6.07, 6.45) is 0.890. The van der Waals surface area contributed by atoms with Crippen LogP contribution in [0.2, 0.25) is 5.02 Å². The molecule has 4 heteroatoms. The summed E-state index contributed by atoms with van der Waals surface area (Å²) < 4.78 is 24.6. The van der Waals surface area contributed by atoms with E-state index in [0.717, 1.165) is 12.0 Å². The van der Waals surface area contributed by atoms with Crippen molar-refractivity contribution in [1.82, 2.24) is 0 Å². The zero-order chi connectivity index (χ0) is 13.2. The lowest BCUT2D eigenvalue weighted by atomic mass is 10.2. The van der Waals surface area contributed by atoms with E-state index >= 15 is 0 Å². The molecule has 0 saturated heterocycles. The van der Waals surface area contributed by atoms with Gasteiger partial charge in [-0.05, 0) is 48.4 Å². The highest BCUT2D eigenvalue weighted by Crippen LogP contribution is 2.22. The zero-order valence-corrected chi connectivity index (χ0v) is 11.5. The van der Waals surface area contributed by atoms with Gasteiger partial charge in [-0.1, -0.05) is 30.7 Å². The Balaban J connectivity index is 2.44. The van der Waals surface area contributed by atoms with Gasteiger partial charge in [0.05, 0.1) is 9.79 Å². The number of aryl methyl sites for hydroxylation is 1.